The second kappa shape index (κ2) is 7.45. The third-order valence-corrected chi connectivity index (χ3v) is 5.32. The molecule has 1 aliphatic heterocycles. The van der Waals surface area contributed by atoms with Crippen LogP contribution in [0.3, 0.4) is 0 Å². The van der Waals surface area contributed by atoms with Gasteiger partial charge in [-0.05, 0) is 31.6 Å². The Bertz CT molecular complexity index is 520. The zero-order valence-electron chi connectivity index (χ0n) is 14.5. The van der Waals surface area contributed by atoms with Crippen LogP contribution in [-0.4, -0.2) is 27.5 Å². The van der Waals surface area contributed by atoms with Gasteiger partial charge in [0.05, 0.1) is 0 Å². The van der Waals surface area contributed by atoms with Crippen molar-refractivity contribution in [2.75, 3.05) is 6.54 Å². The Morgan fingerprint density at radius 2 is 1.96 bits per heavy atom. The number of carbonyl (C=O) groups is 1. The van der Waals surface area contributed by atoms with E-state index in [2.05, 4.69) is 24.0 Å². The molecule has 0 bridgehead atoms. The monoisotopic (exact) mass is 319 g/mol. The van der Waals surface area contributed by atoms with E-state index in [1.165, 1.54) is 25.7 Å². The van der Waals surface area contributed by atoms with E-state index in [1.807, 2.05) is 4.90 Å². The van der Waals surface area contributed by atoms with Gasteiger partial charge in [0.15, 0.2) is 5.82 Å². The molecule has 1 amide bonds. The van der Waals surface area contributed by atoms with E-state index in [0.717, 1.165) is 44.0 Å². The predicted molar refractivity (Wildman–Crippen MR) is 87.9 cm³/mol. The maximum Gasteiger partial charge on any atom is 0.249 e. The molecule has 0 aromatic carbocycles. The van der Waals surface area contributed by atoms with Gasteiger partial charge in [0.2, 0.25) is 11.8 Å². The Morgan fingerprint density at radius 1 is 1.22 bits per heavy atom. The van der Waals surface area contributed by atoms with Crippen LogP contribution in [-0.2, 0) is 4.79 Å². The van der Waals surface area contributed by atoms with Crippen molar-refractivity contribution in [1.29, 1.82) is 0 Å². The minimum absolute atomic E-state index is 0.0140. The molecule has 2 heterocycles. The van der Waals surface area contributed by atoms with Gasteiger partial charge in [-0.1, -0.05) is 44.7 Å². The number of amides is 1. The van der Waals surface area contributed by atoms with Gasteiger partial charge in [-0.2, -0.15) is 4.98 Å². The largest absolute Gasteiger partial charge is 0.337 e. The molecule has 1 aromatic heterocycles. The van der Waals surface area contributed by atoms with Gasteiger partial charge < -0.3 is 9.42 Å². The van der Waals surface area contributed by atoms with Crippen LogP contribution in [0.4, 0.5) is 0 Å². The van der Waals surface area contributed by atoms with Gasteiger partial charge in [-0.3, -0.25) is 4.79 Å². The molecule has 1 saturated carbocycles. The number of carbonyl (C=O) groups excluding carboxylic acids is 1. The molecule has 2 aliphatic rings. The molecule has 1 saturated heterocycles. The predicted octanol–water partition coefficient (Wildman–Crippen LogP) is 4.22. The third kappa shape index (κ3) is 3.93. The average molecular weight is 319 g/mol. The molecule has 3 rings (SSSR count). The number of rotatable bonds is 5. The first-order chi connectivity index (χ1) is 11.1. The van der Waals surface area contributed by atoms with Crippen molar-refractivity contribution in [1.82, 2.24) is 15.0 Å². The lowest BCUT2D eigenvalue weighted by Crippen LogP contribution is -2.38. The van der Waals surface area contributed by atoms with Crippen molar-refractivity contribution < 1.29 is 9.32 Å². The smallest absolute Gasteiger partial charge is 0.249 e. The zero-order chi connectivity index (χ0) is 16.2. The van der Waals surface area contributed by atoms with Crippen LogP contribution in [0.2, 0.25) is 0 Å². The lowest BCUT2D eigenvalue weighted by atomic mass is 9.98. The van der Waals surface area contributed by atoms with E-state index in [-0.39, 0.29) is 17.9 Å². The molecular weight excluding hydrogens is 290 g/mol. The molecule has 1 aromatic rings. The summed E-state index contributed by atoms with van der Waals surface area (Å²) >= 11 is 0. The van der Waals surface area contributed by atoms with Gasteiger partial charge in [0.1, 0.15) is 6.04 Å². The van der Waals surface area contributed by atoms with Crippen molar-refractivity contribution in [2.45, 2.75) is 83.6 Å². The summed E-state index contributed by atoms with van der Waals surface area (Å²) in [5.41, 5.74) is 0. The van der Waals surface area contributed by atoms with Crippen molar-refractivity contribution in [3.8, 4) is 0 Å². The van der Waals surface area contributed by atoms with Crippen LogP contribution in [0.1, 0.15) is 95.3 Å². The van der Waals surface area contributed by atoms with Gasteiger partial charge in [0, 0.05) is 18.9 Å². The quantitative estimate of drug-likeness (QED) is 0.815. The Hall–Kier alpha value is -1.39. The summed E-state index contributed by atoms with van der Waals surface area (Å²) in [6.07, 6.45) is 10.1. The molecule has 2 fully saturated rings. The molecule has 0 N–H and O–H groups in total. The number of nitrogens with zero attached hydrogens (tertiary/aromatic N) is 3. The van der Waals surface area contributed by atoms with Crippen LogP contribution >= 0.6 is 0 Å². The highest BCUT2D eigenvalue weighted by Crippen LogP contribution is 2.33. The molecule has 23 heavy (non-hydrogen) atoms. The highest BCUT2D eigenvalue weighted by molar-refractivity contribution is 5.76. The number of aromatic nitrogens is 2. The number of hydrogen-bond acceptors (Lipinski definition) is 4. The summed E-state index contributed by atoms with van der Waals surface area (Å²) in [6.45, 7) is 4.94. The summed E-state index contributed by atoms with van der Waals surface area (Å²) in [4.78, 5) is 19.2. The molecule has 1 atom stereocenters. The second-order valence-corrected chi connectivity index (χ2v) is 7.43. The number of hydrogen-bond donors (Lipinski definition) is 0. The third-order valence-electron chi connectivity index (χ3n) is 5.32. The fourth-order valence-electron chi connectivity index (χ4n) is 3.87. The molecule has 1 aliphatic carbocycles. The summed E-state index contributed by atoms with van der Waals surface area (Å²) in [5.74, 6) is 2.65. The lowest BCUT2D eigenvalue weighted by Gasteiger charge is -2.33. The van der Waals surface area contributed by atoms with E-state index in [9.17, 15) is 4.79 Å². The van der Waals surface area contributed by atoms with Gasteiger partial charge in [-0.15, -0.1) is 0 Å². The molecule has 5 heteroatoms. The average Bonchev–Trinajstić information content (AvgIpc) is 3.24. The van der Waals surface area contributed by atoms with E-state index >= 15 is 0 Å². The first-order valence-electron chi connectivity index (χ1n) is 9.28. The fourth-order valence-corrected chi connectivity index (χ4v) is 3.87. The number of piperidine rings is 1. The minimum Gasteiger partial charge on any atom is -0.337 e. The second-order valence-electron chi connectivity index (χ2n) is 7.43. The zero-order valence-corrected chi connectivity index (χ0v) is 14.5. The Balaban J connectivity index is 1.63. The topological polar surface area (TPSA) is 59.2 Å². The van der Waals surface area contributed by atoms with E-state index in [1.54, 1.807) is 0 Å². The maximum absolute atomic E-state index is 12.7. The summed E-state index contributed by atoms with van der Waals surface area (Å²) in [7, 11) is 0. The normalized spacial score (nSPS) is 22.9. The summed E-state index contributed by atoms with van der Waals surface area (Å²) in [5, 5.41) is 4.07. The molecule has 128 valence electrons. The fraction of sp³-hybridized carbons (Fsp3) is 0.833. The van der Waals surface area contributed by atoms with Gasteiger partial charge >= 0.3 is 0 Å². The van der Waals surface area contributed by atoms with Crippen LogP contribution in [0, 0.1) is 5.92 Å². The summed E-state index contributed by atoms with van der Waals surface area (Å²) in [6, 6.07) is -0.0140. The molecular formula is C18H29N3O2. The Kier molecular flexibility index (Phi) is 5.34. The maximum atomic E-state index is 12.7. The van der Waals surface area contributed by atoms with E-state index in [4.69, 9.17) is 4.52 Å². The standard InChI is InChI=1S/C18H29N3O2/c1-13(2)17-19-18(23-20-17)15-9-5-6-12-21(15)16(22)11-10-14-7-3-4-8-14/h13-15H,3-12H2,1-2H3/t15-/m0/s1. The first-order valence-corrected chi connectivity index (χ1v) is 9.28. The van der Waals surface area contributed by atoms with E-state index < -0.39 is 0 Å². The first kappa shape index (κ1) is 16.5. The van der Waals surface area contributed by atoms with Crippen molar-refractivity contribution in [3.05, 3.63) is 11.7 Å². The highest BCUT2D eigenvalue weighted by Gasteiger charge is 2.32. The van der Waals surface area contributed by atoms with E-state index in [0.29, 0.717) is 12.3 Å². The summed E-state index contributed by atoms with van der Waals surface area (Å²) < 4.78 is 5.47. The van der Waals surface area contributed by atoms with Crippen LogP contribution in [0.15, 0.2) is 4.52 Å². The molecule has 5 nitrogen and oxygen atoms in total. The highest BCUT2D eigenvalue weighted by atomic mass is 16.5. The van der Waals surface area contributed by atoms with Crippen molar-refractivity contribution in [2.24, 2.45) is 5.92 Å². The van der Waals surface area contributed by atoms with Crippen molar-refractivity contribution >= 4 is 5.91 Å². The van der Waals surface area contributed by atoms with Crippen LogP contribution < -0.4 is 0 Å². The SMILES string of the molecule is CC(C)c1noc([C@@H]2CCCCN2C(=O)CCC2CCCC2)n1. The molecule has 0 unspecified atom stereocenters. The minimum atomic E-state index is -0.0140. The van der Waals surface area contributed by atoms with Gasteiger partial charge in [0.25, 0.3) is 0 Å². The van der Waals surface area contributed by atoms with Gasteiger partial charge in [-0.25, -0.2) is 0 Å². The van der Waals surface area contributed by atoms with Crippen LogP contribution in [0.5, 0.6) is 0 Å². The Morgan fingerprint density at radius 3 is 2.65 bits per heavy atom. The van der Waals surface area contributed by atoms with Crippen molar-refractivity contribution in [3.63, 3.8) is 0 Å². The van der Waals surface area contributed by atoms with Crippen LogP contribution in [0.25, 0.3) is 0 Å². The molecule has 0 spiro atoms. The Labute approximate surface area is 138 Å². The lowest BCUT2D eigenvalue weighted by molar-refractivity contribution is -0.136. The molecule has 0 radical (unpaired) electrons. The number of likely N-dealkylation sites (tertiary alicyclic amines) is 1.